The fourth-order valence-electron chi connectivity index (χ4n) is 3.04. The molecule has 1 amide bonds. The van der Waals surface area contributed by atoms with Crippen molar-refractivity contribution >= 4 is 39.6 Å². The van der Waals surface area contributed by atoms with Crippen molar-refractivity contribution in [1.29, 1.82) is 0 Å². The number of nitro groups is 1. The molecule has 1 heterocycles. The molecule has 30 heavy (non-hydrogen) atoms. The first kappa shape index (κ1) is 18.8. The Morgan fingerprint density at radius 1 is 1.00 bits per heavy atom. The fourth-order valence-corrected chi connectivity index (χ4v) is 3.04. The van der Waals surface area contributed by atoms with Gasteiger partial charge in [-0.2, -0.15) is 0 Å². The van der Waals surface area contributed by atoms with Crippen LogP contribution >= 0.6 is 0 Å². The van der Waals surface area contributed by atoms with Crippen LogP contribution in [0.5, 0.6) is 0 Å². The van der Waals surface area contributed by atoms with E-state index < -0.39 is 10.5 Å². The first-order valence-electron chi connectivity index (χ1n) is 8.91. The third-order valence-corrected chi connectivity index (χ3v) is 4.41. The van der Waals surface area contributed by atoms with Crippen LogP contribution in [0.15, 0.2) is 77.9 Å². The van der Waals surface area contributed by atoms with Crippen molar-refractivity contribution in [2.75, 3.05) is 10.6 Å². The highest BCUT2D eigenvalue weighted by Gasteiger charge is 2.18. The van der Waals surface area contributed by atoms with Gasteiger partial charge in [-0.3, -0.25) is 19.7 Å². The lowest BCUT2D eigenvalue weighted by atomic mass is 10.1. The normalized spacial score (nSPS) is 10.5. The lowest BCUT2D eigenvalue weighted by molar-refractivity contribution is -0.383. The van der Waals surface area contributed by atoms with E-state index in [1.54, 1.807) is 48.5 Å². The van der Waals surface area contributed by atoms with Crippen molar-refractivity contribution in [3.05, 3.63) is 99.1 Å². The van der Waals surface area contributed by atoms with Crippen LogP contribution in [0.1, 0.15) is 10.4 Å². The van der Waals surface area contributed by atoms with Crippen molar-refractivity contribution in [2.24, 2.45) is 0 Å². The average Bonchev–Trinajstić information content (AvgIpc) is 2.74. The number of fused-ring (bicyclic) bond motifs is 1. The zero-order valence-electron chi connectivity index (χ0n) is 15.5. The molecular weight excluding hydrogens is 386 g/mol. The number of nitrogens with zero attached hydrogens (tertiary/aromatic N) is 2. The van der Waals surface area contributed by atoms with E-state index in [1.807, 2.05) is 6.07 Å². The predicted octanol–water partition coefficient (Wildman–Crippen LogP) is 3.83. The number of amides is 1. The van der Waals surface area contributed by atoms with E-state index in [-0.39, 0.29) is 22.5 Å². The molecule has 3 N–H and O–H groups in total. The zero-order valence-corrected chi connectivity index (χ0v) is 15.5. The van der Waals surface area contributed by atoms with Gasteiger partial charge in [-0.25, -0.2) is 4.98 Å². The fraction of sp³-hybridized carbons (Fsp3) is 0. The molecular formula is C21H15N5O4. The maximum Gasteiger partial charge on any atom is 0.295 e. The molecule has 4 aromatic rings. The Hall–Kier alpha value is -4.53. The highest BCUT2D eigenvalue weighted by molar-refractivity contribution is 6.04. The Balaban J connectivity index is 1.66. The van der Waals surface area contributed by atoms with Crippen LogP contribution in [0.4, 0.5) is 22.7 Å². The number of aromatic amines is 1. The SMILES string of the molecule is O=C(Nc1cccc(Nc2ccc([N+](=O)[O-])c3nc[nH]c(=O)c23)c1)c1ccccc1. The third kappa shape index (κ3) is 3.72. The van der Waals surface area contributed by atoms with Gasteiger partial charge < -0.3 is 15.6 Å². The largest absolute Gasteiger partial charge is 0.355 e. The van der Waals surface area contributed by atoms with Crippen LogP contribution in [-0.4, -0.2) is 20.8 Å². The van der Waals surface area contributed by atoms with E-state index >= 15 is 0 Å². The first-order valence-corrected chi connectivity index (χ1v) is 8.91. The number of nitrogens with one attached hydrogen (secondary N) is 3. The minimum absolute atomic E-state index is 0.0118. The summed E-state index contributed by atoms with van der Waals surface area (Å²) in [6.07, 6.45) is 1.13. The zero-order chi connectivity index (χ0) is 21.1. The van der Waals surface area contributed by atoms with Gasteiger partial charge in [0.05, 0.1) is 22.3 Å². The predicted molar refractivity (Wildman–Crippen MR) is 113 cm³/mol. The number of non-ortho nitro benzene ring substituents is 1. The second-order valence-corrected chi connectivity index (χ2v) is 6.37. The van der Waals surface area contributed by atoms with E-state index in [0.29, 0.717) is 22.6 Å². The molecule has 0 saturated heterocycles. The number of aromatic nitrogens is 2. The molecule has 0 radical (unpaired) electrons. The van der Waals surface area contributed by atoms with Gasteiger partial charge in [0, 0.05) is 23.0 Å². The number of benzene rings is 3. The second-order valence-electron chi connectivity index (χ2n) is 6.37. The molecule has 0 unspecified atom stereocenters. The van der Waals surface area contributed by atoms with E-state index in [2.05, 4.69) is 20.6 Å². The monoisotopic (exact) mass is 401 g/mol. The molecule has 0 aliphatic heterocycles. The van der Waals surface area contributed by atoms with Gasteiger partial charge >= 0.3 is 0 Å². The smallest absolute Gasteiger partial charge is 0.295 e. The van der Waals surface area contributed by atoms with Gasteiger partial charge in [-0.15, -0.1) is 0 Å². The molecule has 0 spiro atoms. The van der Waals surface area contributed by atoms with Crippen molar-refractivity contribution in [1.82, 2.24) is 9.97 Å². The Bertz CT molecular complexity index is 1320. The second kappa shape index (κ2) is 7.84. The summed E-state index contributed by atoms with van der Waals surface area (Å²) < 4.78 is 0. The minimum atomic E-state index is -0.585. The van der Waals surface area contributed by atoms with Crippen LogP contribution in [0, 0.1) is 10.1 Å². The molecule has 4 rings (SSSR count). The van der Waals surface area contributed by atoms with Gasteiger partial charge in [0.15, 0.2) is 5.52 Å². The molecule has 9 heteroatoms. The van der Waals surface area contributed by atoms with Gasteiger partial charge in [0.1, 0.15) is 0 Å². The molecule has 148 valence electrons. The van der Waals surface area contributed by atoms with Crippen molar-refractivity contribution in [2.45, 2.75) is 0 Å². The van der Waals surface area contributed by atoms with Crippen LogP contribution in [0.25, 0.3) is 10.9 Å². The van der Waals surface area contributed by atoms with Gasteiger partial charge in [-0.1, -0.05) is 24.3 Å². The summed E-state index contributed by atoms with van der Waals surface area (Å²) in [7, 11) is 0. The molecule has 3 aromatic carbocycles. The van der Waals surface area contributed by atoms with Crippen LogP contribution in [-0.2, 0) is 0 Å². The van der Waals surface area contributed by atoms with E-state index in [1.165, 1.54) is 12.1 Å². The number of carbonyl (C=O) groups is 1. The molecule has 0 fully saturated rings. The minimum Gasteiger partial charge on any atom is -0.355 e. The van der Waals surface area contributed by atoms with Crippen LogP contribution in [0.2, 0.25) is 0 Å². The maximum atomic E-state index is 12.4. The van der Waals surface area contributed by atoms with Crippen molar-refractivity contribution < 1.29 is 9.72 Å². The topological polar surface area (TPSA) is 130 Å². The first-order chi connectivity index (χ1) is 14.5. The molecule has 0 saturated carbocycles. The van der Waals surface area contributed by atoms with E-state index in [9.17, 15) is 19.7 Å². The summed E-state index contributed by atoms with van der Waals surface area (Å²) >= 11 is 0. The van der Waals surface area contributed by atoms with Crippen molar-refractivity contribution in [3.63, 3.8) is 0 Å². The Morgan fingerprint density at radius 3 is 2.53 bits per heavy atom. The molecule has 0 aliphatic rings. The molecule has 1 aromatic heterocycles. The van der Waals surface area contributed by atoms with Gasteiger partial charge in [0.25, 0.3) is 17.2 Å². The quantitative estimate of drug-likeness (QED) is 0.344. The summed E-state index contributed by atoms with van der Waals surface area (Å²) in [4.78, 5) is 41.7. The van der Waals surface area contributed by atoms with Gasteiger partial charge in [-0.05, 0) is 36.4 Å². The Kier molecular flexibility index (Phi) is 4.92. The lowest BCUT2D eigenvalue weighted by Crippen LogP contribution is -2.12. The van der Waals surface area contributed by atoms with Crippen LogP contribution < -0.4 is 16.2 Å². The van der Waals surface area contributed by atoms with E-state index in [4.69, 9.17) is 0 Å². The van der Waals surface area contributed by atoms with Crippen molar-refractivity contribution in [3.8, 4) is 0 Å². The summed E-state index contributed by atoms with van der Waals surface area (Å²) in [5.74, 6) is -0.255. The Morgan fingerprint density at radius 2 is 1.77 bits per heavy atom. The van der Waals surface area contributed by atoms with E-state index in [0.717, 1.165) is 6.33 Å². The molecule has 9 nitrogen and oxygen atoms in total. The number of hydrogen-bond acceptors (Lipinski definition) is 6. The van der Waals surface area contributed by atoms with Gasteiger partial charge in [0.2, 0.25) is 0 Å². The number of H-pyrrole nitrogens is 1. The highest BCUT2D eigenvalue weighted by atomic mass is 16.6. The lowest BCUT2D eigenvalue weighted by Gasteiger charge is -2.11. The number of rotatable bonds is 5. The number of anilines is 3. The van der Waals surface area contributed by atoms with Crippen LogP contribution in [0.3, 0.4) is 0 Å². The highest BCUT2D eigenvalue weighted by Crippen LogP contribution is 2.30. The summed E-state index contributed by atoms with van der Waals surface area (Å²) in [5.41, 5.74) is 1.24. The summed E-state index contributed by atoms with van der Waals surface area (Å²) in [6.45, 7) is 0. The maximum absolute atomic E-state index is 12.4. The Labute approximate surface area is 169 Å². The number of carbonyl (C=O) groups excluding carboxylic acids is 1. The summed E-state index contributed by atoms with van der Waals surface area (Å²) in [6, 6.07) is 18.4. The molecule has 0 bridgehead atoms. The third-order valence-electron chi connectivity index (χ3n) is 4.41. The standard InChI is InChI=1S/C21H15N5O4/c27-20(13-5-2-1-3-6-13)25-15-8-4-7-14(11-15)24-16-9-10-17(26(29)30)19-18(16)21(28)23-12-22-19/h1-12,24H,(H,25,27)(H,22,23,28). The molecule has 0 atom stereocenters. The summed E-state index contributed by atoms with van der Waals surface area (Å²) in [5, 5.41) is 17.2. The molecule has 0 aliphatic carbocycles. The number of hydrogen-bond donors (Lipinski definition) is 3. The average molecular weight is 401 g/mol. The number of nitro benzene ring substituents is 1.